The van der Waals surface area contributed by atoms with Gasteiger partial charge in [-0.05, 0) is 43.7 Å². The Balaban J connectivity index is 1.75. The molecule has 4 nitrogen and oxygen atoms in total. The van der Waals surface area contributed by atoms with Gasteiger partial charge in [0.2, 0.25) is 0 Å². The highest BCUT2D eigenvalue weighted by Gasteiger charge is 2.28. The number of H-pyrrole nitrogens is 1. The van der Waals surface area contributed by atoms with Gasteiger partial charge in [-0.2, -0.15) is 0 Å². The Hall–Kier alpha value is -1.62. The highest BCUT2D eigenvalue weighted by atomic mass is 32.1. The molecular weight excluding hydrogens is 270 g/mol. The van der Waals surface area contributed by atoms with E-state index in [1.807, 2.05) is 36.4 Å². The van der Waals surface area contributed by atoms with Gasteiger partial charge in [-0.3, -0.25) is 4.79 Å². The van der Waals surface area contributed by atoms with E-state index in [4.69, 9.17) is 0 Å². The largest absolute Gasteiger partial charge is 0.346 e. The number of carbonyl (C=O) groups is 1. The molecule has 0 saturated carbocycles. The molecule has 0 spiro atoms. The number of likely N-dealkylation sites (tertiary alicyclic amines) is 1. The van der Waals surface area contributed by atoms with Gasteiger partial charge in [-0.1, -0.05) is 0 Å². The summed E-state index contributed by atoms with van der Waals surface area (Å²) in [5.41, 5.74) is 2.16. The lowest BCUT2D eigenvalue weighted by Gasteiger charge is -2.31. The van der Waals surface area contributed by atoms with Crippen LogP contribution < -0.4 is 0 Å². The first kappa shape index (κ1) is 13.4. The number of thiophene rings is 1. The van der Waals surface area contributed by atoms with Gasteiger partial charge in [0.25, 0.3) is 5.91 Å². The molecule has 106 valence electrons. The van der Waals surface area contributed by atoms with Crippen molar-refractivity contribution in [2.24, 2.45) is 0 Å². The Morgan fingerprint density at radius 1 is 1.50 bits per heavy atom. The summed E-state index contributed by atoms with van der Waals surface area (Å²) < 4.78 is 0. The molecule has 1 saturated heterocycles. The van der Waals surface area contributed by atoms with Crippen LogP contribution in [-0.4, -0.2) is 33.9 Å². The number of hydrogen-bond acceptors (Lipinski definition) is 3. The molecule has 0 aromatic carbocycles. The van der Waals surface area contributed by atoms with Crippen LogP contribution in [0.2, 0.25) is 0 Å². The summed E-state index contributed by atoms with van der Waals surface area (Å²) in [7, 11) is 0. The lowest BCUT2D eigenvalue weighted by Crippen LogP contribution is -2.39. The molecule has 3 rings (SSSR count). The number of amides is 1. The van der Waals surface area contributed by atoms with Gasteiger partial charge < -0.3 is 9.88 Å². The van der Waals surface area contributed by atoms with E-state index in [-0.39, 0.29) is 5.91 Å². The predicted molar refractivity (Wildman–Crippen MR) is 80.3 cm³/mol. The number of imidazole rings is 1. The fourth-order valence-electron chi connectivity index (χ4n) is 2.76. The highest BCUT2D eigenvalue weighted by molar-refractivity contribution is 7.12. The molecule has 5 heteroatoms. The van der Waals surface area contributed by atoms with Crippen LogP contribution in [0.5, 0.6) is 0 Å². The average molecular weight is 289 g/mol. The normalized spacial score (nSPS) is 19.3. The van der Waals surface area contributed by atoms with Gasteiger partial charge >= 0.3 is 0 Å². The van der Waals surface area contributed by atoms with Crippen LogP contribution >= 0.6 is 11.3 Å². The lowest BCUT2D eigenvalue weighted by molar-refractivity contribution is 0.0709. The summed E-state index contributed by atoms with van der Waals surface area (Å²) in [6, 6.07) is 2.01. The number of aromatic amines is 1. The minimum Gasteiger partial charge on any atom is -0.346 e. The minimum atomic E-state index is 0.172. The van der Waals surface area contributed by atoms with Crippen molar-refractivity contribution in [1.29, 1.82) is 0 Å². The van der Waals surface area contributed by atoms with E-state index in [2.05, 4.69) is 9.97 Å². The number of hydrogen-bond donors (Lipinski definition) is 1. The Labute approximate surface area is 122 Å². The molecule has 1 unspecified atom stereocenters. The van der Waals surface area contributed by atoms with Crippen LogP contribution in [0.3, 0.4) is 0 Å². The number of nitrogens with zero attached hydrogens (tertiary/aromatic N) is 2. The Morgan fingerprint density at radius 3 is 3.00 bits per heavy atom. The fraction of sp³-hybridized carbons (Fsp3) is 0.467. The second-order valence-corrected chi connectivity index (χ2v) is 6.39. The molecule has 20 heavy (non-hydrogen) atoms. The molecular formula is C15H19N3OS. The molecule has 1 N–H and O–H groups in total. The smallest absolute Gasteiger partial charge is 0.264 e. The second-order valence-electron chi connectivity index (χ2n) is 5.47. The van der Waals surface area contributed by atoms with E-state index in [9.17, 15) is 4.79 Å². The molecule has 0 radical (unpaired) electrons. The zero-order chi connectivity index (χ0) is 14.1. The van der Waals surface area contributed by atoms with E-state index in [0.717, 1.165) is 47.9 Å². The van der Waals surface area contributed by atoms with E-state index in [1.165, 1.54) is 11.3 Å². The third-order valence-electron chi connectivity index (χ3n) is 3.87. The topological polar surface area (TPSA) is 49.0 Å². The van der Waals surface area contributed by atoms with Crippen molar-refractivity contribution in [1.82, 2.24) is 14.9 Å². The molecule has 1 atom stereocenters. The Kier molecular flexibility index (Phi) is 3.61. The van der Waals surface area contributed by atoms with Gasteiger partial charge in [0, 0.05) is 30.9 Å². The van der Waals surface area contributed by atoms with Crippen molar-refractivity contribution in [2.75, 3.05) is 13.1 Å². The fourth-order valence-corrected chi connectivity index (χ4v) is 3.65. The van der Waals surface area contributed by atoms with Crippen LogP contribution in [0.4, 0.5) is 0 Å². The monoisotopic (exact) mass is 289 g/mol. The van der Waals surface area contributed by atoms with E-state index in [0.29, 0.717) is 5.92 Å². The maximum Gasteiger partial charge on any atom is 0.264 e. The number of aryl methyl sites for hydroxylation is 2. The van der Waals surface area contributed by atoms with Gasteiger partial charge in [-0.15, -0.1) is 11.3 Å². The standard InChI is InChI=1S/C15H19N3OS/c1-10-5-7-20-13(10)15(19)18-6-3-4-12(9-18)14-16-8-11(2)17-14/h5,7-8,12H,3-4,6,9H2,1-2H3,(H,16,17). The van der Waals surface area contributed by atoms with Gasteiger partial charge in [0.1, 0.15) is 5.82 Å². The number of rotatable bonds is 2. The third-order valence-corrected chi connectivity index (χ3v) is 4.88. The number of carbonyl (C=O) groups excluding carboxylic acids is 1. The van der Waals surface area contributed by atoms with Crippen molar-refractivity contribution >= 4 is 17.2 Å². The number of nitrogens with one attached hydrogen (secondary N) is 1. The molecule has 0 aliphatic carbocycles. The predicted octanol–water partition coefficient (Wildman–Crippen LogP) is 3.11. The van der Waals surface area contributed by atoms with E-state index < -0.39 is 0 Å². The molecule has 2 aromatic rings. The Morgan fingerprint density at radius 2 is 2.35 bits per heavy atom. The molecule has 3 heterocycles. The SMILES string of the molecule is Cc1cnc(C2CCCN(C(=O)c3sccc3C)C2)[nH]1. The zero-order valence-electron chi connectivity index (χ0n) is 11.8. The molecule has 1 amide bonds. The Bertz CT molecular complexity index is 616. The van der Waals surface area contributed by atoms with Crippen molar-refractivity contribution in [3.63, 3.8) is 0 Å². The van der Waals surface area contributed by atoms with Crippen molar-refractivity contribution in [3.8, 4) is 0 Å². The molecule has 1 fully saturated rings. The summed E-state index contributed by atoms with van der Waals surface area (Å²) in [5.74, 6) is 1.52. The highest BCUT2D eigenvalue weighted by Crippen LogP contribution is 2.27. The molecule has 0 bridgehead atoms. The van der Waals surface area contributed by atoms with E-state index in [1.54, 1.807) is 0 Å². The van der Waals surface area contributed by atoms with E-state index >= 15 is 0 Å². The summed E-state index contributed by atoms with van der Waals surface area (Å²) in [4.78, 5) is 23.2. The first-order chi connectivity index (χ1) is 9.65. The molecule has 1 aliphatic rings. The maximum atomic E-state index is 12.6. The van der Waals surface area contributed by atoms with Crippen LogP contribution in [0.25, 0.3) is 0 Å². The third kappa shape index (κ3) is 2.50. The number of aromatic nitrogens is 2. The summed E-state index contributed by atoms with van der Waals surface area (Å²) >= 11 is 1.54. The quantitative estimate of drug-likeness (QED) is 0.923. The van der Waals surface area contributed by atoms with Gasteiger partial charge in [-0.25, -0.2) is 4.98 Å². The summed E-state index contributed by atoms with van der Waals surface area (Å²) in [5, 5.41) is 1.99. The van der Waals surface area contributed by atoms with Gasteiger partial charge in [0.15, 0.2) is 0 Å². The van der Waals surface area contributed by atoms with Crippen LogP contribution in [-0.2, 0) is 0 Å². The van der Waals surface area contributed by atoms with Crippen LogP contribution in [0.1, 0.15) is 45.5 Å². The van der Waals surface area contributed by atoms with Crippen molar-refractivity contribution < 1.29 is 4.79 Å². The molecule has 1 aliphatic heterocycles. The van der Waals surface area contributed by atoms with Crippen LogP contribution in [0.15, 0.2) is 17.6 Å². The lowest BCUT2D eigenvalue weighted by atomic mass is 9.97. The average Bonchev–Trinajstić information content (AvgIpc) is 3.07. The maximum absolute atomic E-state index is 12.6. The minimum absolute atomic E-state index is 0.172. The molecule has 2 aromatic heterocycles. The summed E-state index contributed by atoms with van der Waals surface area (Å²) in [6.07, 6.45) is 4.00. The second kappa shape index (κ2) is 5.40. The number of piperidine rings is 1. The first-order valence-electron chi connectivity index (χ1n) is 7.00. The zero-order valence-corrected chi connectivity index (χ0v) is 12.7. The van der Waals surface area contributed by atoms with Gasteiger partial charge in [0.05, 0.1) is 4.88 Å². The van der Waals surface area contributed by atoms with Crippen LogP contribution in [0, 0.1) is 13.8 Å². The van der Waals surface area contributed by atoms with Crippen molar-refractivity contribution in [2.45, 2.75) is 32.6 Å². The van der Waals surface area contributed by atoms with Crippen molar-refractivity contribution in [3.05, 3.63) is 39.6 Å². The first-order valence-corrected chi connectivity index (χ1v) is 7.88. The summed E-state index contributed by atoms with van der Waals surface area (Å²) in [6.45, 7) is 5.63.